The Morgan fingerprint density at radius 2 is 2.26 bits per heavy atom. The van der Waals surface area contributed by atoms with Gasteiger partial charge in [0.05, 0.1) is 23.4 Å². The molecule has 0 aliphatic carbocycles. The molecular weight excluding hydrogens is 294 g/mol. The number of rotatable bonds is 5. The van der Waals surface area contributed by atoms with Gasteiger partial charge in [0, 0.05) is 23.8 Å². The number of fused-ring (bicyclic) bond motifs is 1. The first-order valence-corrected chi connectivity index (χ1v) is 7.25. The Balaban J connectivity index is 1.83. The molecule has 7 nitrogen and oxygen atoms in total. The lowest BCUT2D eigenvalue weighted by Gasteiger charge is -2.12. The molecule has 0 fully saturated rings. The second-order valence-corrected chi connectivity index (χ2v) is 5.26. The molecule has 4 N–H and O–H groups in total. The number of hydrogen-bond donors (Lipinski definition) is 4. The molecule has 2 aromatic heterocycles. The van der Waals surface area contributed by atoms with Crippen molar-refractivity contribution < 1.29 is 9.90 Å². The van der Waals surface area contributed by atoms with Crippen molar-refractivity contribution in [1.29, 1.82) is 0 Å². The largest absolute Gasteiger partial charge is 0.392 e. The summed E-state index contributed by atoms with van der Waals surface area (Å²) < 4.78 is 0. The zero-order valence-electron chi connectivity index (χ0n) is 12.6. The third kappa shape index (κ3) is 3.46. The Bertz CT molecular complexity index is 828. The summed E-state index contributed by atoms with van der Waals surface area (Å²) in [6.45, 7) is 1.80. The fourth-order valence-electron chi connectivity index (χ4n) is 2.18. The number of anilines is 2. The van der Waals surface area contributed by atoms with Crippen LogP contribution in [0.25, 0.3) is 10.9 Å². The van der Waals surface area contributed by atoms with Gasteiger partial charge in [-0.15, -0.1) is 0 Å². The zero-order valence-corrected chi connectivity index (χ0v) is 12.6. The van der Waals surface area contributed by atoms with E-state index in [1.54, 1.807) is 31.5 Å². The van der Waals surface area contributed by atoms with Crippen molar-refractivity contribution in [3.05, 3.63) is 48.3 Å². The van der Waals surface area contributed by atoms with Crippen LogP contribution in [-0.4, -0.2) is 38.8 Å². The highest BCUT2D eigenvalue weighted by Gasteiger charge is 2.13. The fraction of sp³-hybridized carbons (Fsp3) is 0.188. The number of hydrogen-bond acceptors (Lipinski definition) is 5. The van der Waals surface area contributed by atoms with Gasteiger partial charge in [0.2, 0.25) is 0 Å². The normalized spacial score (nSPS) is 12.1. The number of aliphatic hydroxyl groups excluding tert-OH is 1. The van der Waals surface area contributed by atoms with Gasteiger partial charge >= 0.3 is 0 Å². The van der Waals surface area contributed by atoms with E-state index < -0.39 is 6.10 Å². The van der Waals surface area contributed by atoms with Gasteiger partial charge in [-0.2, -0.15) is 5.10 Å². The number of H-pyrrole nitrogens is 1. The molecule has 7 heteroatoms. The second-order valence-electron chi connectivity index (χ2n) is 5.26. The molecule has 3 rings (SSSR count). The summed E-state index contributed by atoms with van der Waals surface area (Å²) in [5, 5.41) is 22.9. The summed E-state index contributed by atoms with van der Waals surface area (Å²) in [5.74, 6) is 0.171. The van der Waals surface area contributed by atoms with Crippen molar-refractivity contribution >= 4 is 28.3 Å². The average Bonchev–Trinajstić information content (AvgIpc) is 3.01. The van der Waals surface area contributed by atoms with Gasteiger partial charge in [0.1, 0.15) is 5.82 Å². The molecule has 0 unspecified atom stereocenters. The van der Waals surface area contributed by atoms with Crippen LogP contribution in [0.2, 0.25) is 0 Å². The first kappa shape index (κ1) is 15.0. The van der Waals surface area contributed by atoms with Crippen LogP contribution >= 0.6 is 0 Å². The molecule has 0 saturated carbocycles. The molecule has 118 valence electrons. The lowest BCUT2D eigenvalue weighted by molar-refractivity contribution is 0.0924. The third-order valence-corrected chi connectivity index (χ3v) is 3.31. The predicted octanol–water partition coefficient (Wildman–Crippen LogP) is 1.81. The minimum Gasteiger partial charge on any atom is -0.392 e. The molecule has 0 radical (unpaired) electrons. The Hall–Kier alpha value is -2.93. The molecule has 0 saturated heterocycles. The molecule has 2 heterocycles. The van der Waals surface area contributed by atoms with Crippen LogP contribution in [0.4, 0.5) is 11.5 Å². The monoisotopic (exact) mass is 311 g/mol. The van der Waals surface area contributed by atoms with Gasteiger partial charge < -0.3 is 15.7 Å². The molecule has 1 amide bonds. The maximum Gasteiger partial charge on any atom is 0.255 e. The maximum atomic E-state index is 12.2. The molecule has 3 aromatic rings. The standard InChI is InChI=1S/C16H17N5O2/c1-10(22)8-18-16(23)13-3-2-6-17-15(13)20-12-4-5-14-11(7-12)9-19-21-14/h2-7,9-10,22H,8H2,1H3,(H,17,20)(H,18,23)(H,19,21)/t10-/m0/s1. The number of amides is 1. The van der Waals surface area contributed by atoms with Crippen molar-refractivity contribution in [3.8, 4) is 0 Å². The summed E-state index contributed by atoms with van der Waals surface area (Å²) in [4.78, 5) is 16.4. The van der Waals surface area contributed by atoms with E-state index in [2.05, 4.69) is 25.8 Å². The summed E-state index contributed by atoms with van der Waals surface area (Å²) in [5.41, 5.74) is 2.16. The molecule has 0 aliphatic heterocycles. The smallest absolute Gasteiger partial charge is 0.255 e. The number of pyridine rings is 1. The maximum absolute atomic E-state index is 12.2. The molecule has 0 bridgehead atoms. The van der Waals surface area contributed by atoms with Gasteiger partial charge in [-0.1, -0.05) is 0 Å². The van der Waals surface area contributed by atoms with Gasteiger partial charge in [0.25, 0.3) is 5.91 Å². The number of benzene rings is 1. The van der Waals surface area contributed by atoms with E-state index >= 15 is 0 Å². The Morgan fingerprint density at radius 1 is 1.39 bits per heavy atom. The van der Waals surface area contributed by atoms with E-state index in [4.69, 9.17) is 0 Å². The second kappa shape index (κ2) is 6.45. The Kier molecular flexibility index (Phi) is 4.20. The van der Waals surface area contributed by atoms with Crippen LogP contribution in [0, 0.1) is 0 Å². The van der Waals surface area contributed by atoms with E-state index in [-0.39, 0.29) is 12.5 Å². The average molecular weight is 311 g/mol. The van der Waals surface area contributed by atoms with Gasteiger partial charge in [-0.3, -0.25) is 9.89 Å². The number of carbonyl (C=O) groups excluding carboxylic acids is 1. The Labute approximate surface area is 132 Å². The van der Waals surface area contributed by atoms with Crippen LogP contribution in [0.3, 0.4) is 0 Å². The number of aromatic nitrogens is 3. The summed E-state index contributed by atoms with van der Waals surface area (Å²) in [6, 6.07) is 9.09. The molecule has 1 aromatic carbocycles. The van der Waals surface area contributed by atoms with Crippen molar-refractivity contribution in [2.45, 2.75) is 13.0 Å². The molecular formula is C16H17N5O2. The fourth-order valence-corrected chi connectivity index (χ4v) is 2.18. The topological polar surface area (TPSA) is 103 Å². The van der Waals surface area contributed by atoms with Gasteiger partial charge in [-0.05, 0) is 37.3 Å². The lowest BCUT2D eigenvalue weighted by atomic mass is 10.2. The number of nitrogens with one attached hydrogen (secondary N) is 3. The van der Waals surface area contributed by atoms with E-state index in [0.717, 1.165) is 16.6 Å². The van der Waals surface area contributed by atoms with Crippen LogP contribution in [0.1, 0.15) is 17.3 Å². The molecule has 1 atom stereocenters. The highest BCUT2D eigenvalue weighted by molar-refractivity contribution is 5.99. The molecule has 0 spiro atoms. The van der Waals surface area contributed by atoms with Crippen LogP contribution in [0.5, 0.6) is 0 Å². The third-order valence-electron chi connectivity index (χ3n) is 3.31. The number of aliphatic hydroxyl groups is 1. The number of carbonyl (C=O) groups is 1. The van der Waals surface area contributed by atoms with Crippen LogP contribution in [0.15, 0.2) is 42.7 Å². The molecule has 0 aliphatic rings. The highest BCUT2D eigenvalue weighted by Crippen LogP contribution is 2.22. The number of nitrogens with zero attached hydrogens (tertiary/aromatic N) is 2. The van der Waals surface area contributed by atoms with Crippen molar-refractivity contribution in [2.24, 2.45) is 0 Å². The number of aromatic amines is 1. The van der Waals surface area contributed by atoms with Crippen molar-refractivity contribution in [2.75, 3.05) is 11.9 Å². The SMILES string of the molecule is C[C@H](O)CNC(=O)c1cccnc1Nc1ccc2[nH]ncc2c1. The minimum absolute atomic E-state index is 0.189. The van der Waals surface area contributed by atoms with Crippen LogP contribution in [-0.2, 0) is 0 Å². The highest BCUT2D eigenvalue weighted by atomic mass is 16.3. The quantitative estimate of drug-likeness (QED) is 0.575. The summed E-state index contributed by atoms with van der Waals surface area (Å²) in [6.07, 6.45) is 2.75. The van der Waals surface area contributed by atoms with Crippen LogP contribution < -0.4 is 10.6 Å². The van der Waals surface area contributed by atoms with E-state index in [1.165, 1.54) is 0 Å². The van der Waals surface area contributed by atoms with E-state index in [1.807, 2.05) is 18.2 Å². The first-order valence-electron chi connectivity index (χ1n) is 7.25. The summed E-state index contributed by atoms with van der Waals surface area (Å²) in [7, 11) is 0. The van der Waals surface area contributed by atoms with Crippen molar-refractivity contribution in [1.82, 2.24) is 20.5 Å². The van der Waals surface area contributed by atoms with Crippen molar-refractivity contribution in [3.63, 3.8) is 0 Å². The summed E-state index contributed by atoms with van der Waals surface area (Å²) >= 11 is 0. The first-order chi connectivity index (χ1) is 11.1. The predicted molar refractivity (Wildman–Crippen MR) is 87.6 cm³/mol. The molecule has 23 heavy (non-hydrogen) atoms. The Morgan fingerprint density at radius 3 is 3.09 bits per heavy atom. The lowest BCUT2D eigenvalue weighted by Crippen LogP contribution is -2.31. The van der Waals surface area contributed by atoms with E-state index in [0.29, 0.717) is 11.4 Å². The zero-order chi connectivity index (χ0) is 16.2. The van der Waals surface area contributed by atoms with E-state index in [9.17, 15) is 9.90 Å². The van der Waals surface area contributed by atoms with Gasteiger partial charge in [0.15, 0.2) is 0 Å². The van der Waals surface area contributed by atoms with Gasteiger partial charge in [-0.25, -0.2) is 4.98 Å². The minimum atomic E-state index is -0.601.